The predicted molar refractivity (Wildman–Crippen MR) is 108 cm³/mol. The summed E-state index contributed by atoms with van der Waals surface area (Å²) in [4.78, 5) is 40.8. The van der Waals surface area contributed by atoms with Gasteiger partial charge in [-0.2, -0.15) is 0 Å². The molecule has 0 spiro atoms. The molecular weight excluding hydrogens is 502 g/mol. The van der Waals surface area contributed by atoms with E-state index in [-0.39, 0.29) is 16.8 Å². The topological polar surface area (TPSA) is 89.3 Å². The predicted octanol–water partition coefficient (Wildman–Crippen LogP) is 4.23. The van der Waals surface area contributed by atoms with Crippen LogP contribution in [0.25, 0.3) is 0 Å². The number of benzene rings is 2. The van der Waals surface area contributed by atoms with E-state index >= 15 is 0 Å². The zero-order chi connectivity index (χ0) is 20.4. The smallest absolute Gasteiger partial charge is 0.336 e. The fourth-order valence-electron chi connectivity index (χ4n) is 2.57. The molecule has 142 valence electrons. The second-order valence-corrected chi connectivity index (χ2v) is 6.86. The van der Waals surface area contributed by atoms with Gasteiger partial charge in [-0.25, -0.2) is 14.2 Å². The summed E-state index contributed by atoms with van der Waals surface area (Å²) in [5, 5.41) is 9.85. The van der Waals surface area contributed by atoms with Gasteiger partial charge in [0.05, 0.1) is 22.0 Å². The van der Waals surface area contributed by atoms with Gasteiger partial charge in [0.2, 0.25) is 5.78 Å². The number of halogens is 3. The highest BCUT2D eigenvalue weighted by Crippen LogP contribution is 2.23. The van der Waals surface area contributed by atoms with Gasteiger partial charge in [-0.3, -0.25) is 9.59 Å². The van der Waals surface area contributed by atoms with E-state index in [1.807, 2.05) is 0 Å². The average molecular weight is 513 g/mol. The minimum atomic E-state index is -1.52. The molecule has 0 aliphatic heterocycles. The van der Waals surface area contributed by atoms with Crippen molar-refractivity contribution in [2.24, 2.45) is 0 Å². The van der Waals surface area contributed by atoms with Crippen molar-refractivity contribution in [2.75, 3.05) is 0 Å². The maximum atomic E-state index is 14.7. The van der Waals surface area contributed by atoms with E-state index in [4.69, 9.17) is 11.6 Å². The number of alkyl halides is 1. The molecule has 6 nitrogen and oxygen atoms in total. The number of rotatable bonds is 6. The molecule has 0 unspecified atom stereocenters. The van der Waals surface area contributed by atoms with E-state index in [0.717, 1.165) is 12.1 Å². The van der Waals surface area contributed by atoms with Gasteiger partial charge < -0.3 is 9.67 Å². The van der Waals surface area contributed by atoms with E-state index in [2.05, 4.69) is 27.6 Å². The molecule has 0 aliphatic carbocycles. The molecule has 0 fully saturated rings. The number of hydrogen-bond donors (Lipinski definition) is 1. The van der Waals surface area contributed by atoms with Crippen LogP contribution >= 0.6 is 34.2 Å². The van der Waals surface area contributed by atoms with Crippen molar-refractivity contribution >= 4 is 51.7 Å². The third-order valence-corrected chi connectivity index (χ3v) is 4.96. The number of aromatic carboxylic acids is 1. The molecule has 1 N–H and O–H groups in total. The largest absolute Gasteiger partial charge is 0.478 e. The van der Waals surface area contributed by atoms with Crippen molar-refractivity contribution in [3.63, 3.8) is 0 Å². The van der Waals surface area contributed by atoms with Crippen LogP contribution in [-0.4, -0.2) is 32.2 Å². The zero-order valence-corrected chi connectivity index (χ0v) is 16.9. The summed E-state index contributed by atoms with van der Waals surface area (Å²) in [5.41, 5.74) is -1.31. The van der Waals surface area contributed by atoms with Crippen molar-refractivity contribution in [3.05, 3.63) is 87.7 Å². The lowest BCUT2D eigenvalue weighted by atomic mass is 9.94. The average Bonchev–Trinajstić information content (AvgIpc) is 3.16. The number of imidazole rings is 1. The van der Waals surface area contributed by atoms with Crippen LogP contribution in [0.2, 0.25) is 5.02 Å². The minimum Gasteiger partial charge on any atom is -0.478 e. The minimum absolute atomic E-state index is 0.0455. The van der Waals surface area contributed by atoms with Crippen LogP contribution in [0.3, 0.4) is 0 Å². The normalized spacial score (nSPS) is 10.7. The van der Waals surface area contributed by atoms with Gasteiger partial charge in [-0.05, 0) is 36.4 Å². The summed E-state index contributed by atoms with van der Waals surface area (Å²) in [7, 11) is 0. The first-order valence-electron chi connectivity index (χ1n) is 7.81. The van der Waals surface area contributed by atoms with Crippen molar-refractivity contribution in [1.29, 1.82) is 0 Å². The van der Waals surface area contributed by atoms with Gasteiger partial charge in [0.15, 0.2) is 5.78 Å². The third kappa shape index (κ3) is 3.97. The molecule has 0 saturated heterocycles. The van der Waals surface area contributed by atoms with Crippen molar-refractivity contribution in [3.8, 4) is 0 Å². The molecule has 2 aromatic carbocycles. The molecule has 0 bridgehead atoms. The molecule has 0 amide bonds. The van der Waals surface area contributed by atoms with Crippen LogP contribution < -0.4 is 0 Å². The Morgan fingerprint density at radius 2 is 1.79 bits per heavy atom. The zero-order valence-electron chi connectivity index (χ0n) is 14.0. The first kappa shape index (κ1) is 20.2. The van der Waals surface area contributed by atoms with Crippen LogP contribution in [0, 0.1) is 5.82 Å². The first-order chi connectivity index (χ1) is 13.3. The quantitative estimate of drug-likeness (QED) is 0.303. The molecule has 3 rings (SSSR count). The molecule has 0 aliphatic rings. The summed E-state index contributed by atoms with van der Waals surface area (Å²) in [6.45, 7) is 0. The van der Waals surface area contributed by atoms with Crippen molar-refractivity contribution in [2.45, 2.75) is 4.55 Å². The summed E-state index contributed by atoms with van der Waals surface area (Å²) in [6, 6.07) is 7.45. The van der Waals surface area contributed by atoms with E-state index in [0.29, 0.717) is 9.57 Å². The van der Waals surface area contributed by atoms with E-state index in [1.165, 1.54) is 36.8 Å². The van der Waals surface area contributed by atoms with E-state index in [1.54, 1.807) is 4.57 Å². The fourth-order valence-corrected chi connectivity index (χ4v) is 3.07. The van der Waals surface area contributed by atoms with Crippen molar-refractivity contribution < 1.29 is 23.9 Å². The maximum absolute atomic E-state index is 14.7. The Morgan fingerprint density at radius 1 is 1.11 bits per heavy atom. The Morgan fingerprint density at radius 3 is 2.36 bits per heavy atom. The number of carboxylic acids is 1. The SMILES string of the molecule is O=C(c1cc(F)c(C(=O)c2ccc(Cl)cc2)c(C(=O)O)c1)c1cn(CI)cn1. The first-order valence-corrected chi connectivity index (χ1v) is 9.71. The molecular formula is C19H11ClFIN2O4. The lowest BCUT2D eigenvalue weighted by Gasteiger charge is -2.09. The van der Waals surface area contributed by atoms with Crippen LogP contribution in [-0.2, 0) is 4.55 Å². The number of carbonyl (C=O) groups excluding carboxylic acids is 2. The number of carbonyl (C=O) groups is 3. The molecule has 0 saturated carbocycles. The molecule has 1 heterocycles. The number of carboxylic acid groups (broad SMARTS) is 1. The highest BCUT2D eigenvalue weighted by atomic mass is 127. The van der Waals surface area contributed by atoms with Gasteiger partial charge in [0, 0.05) is 22.3 Å². The van der Waals surface area contributed by atoms with Crippen LogP contribution in [0.1, 0.15) is 42.3 Å². The van der Waals surface area contributed by atoms with E-state index < -0.39 is 34.5 Å². The molecule has 1 aromatic heterocycles. The Hall–Kier alpha value is -2.59. The summed E-state index contributed by atoms with van der Waals surface area (Å²) in [5.74, 6) is -4.09. The Balaban J connectivity index is 2.07. The molecule has 3 aromatic rings. The standard InChI is InChI=1S/C19H11ClFIN2O4/c20-12-3-1-10(2-4-12)18(26)16-13(19(27)28)5-11(6-14(16)21)17(25)15-7-24(8-22)9-23-15/h1-7,9H,8H2,(H,27,28). The number of nitrogens with zero attached hydrogens (tertiary/aromatic N) is 2. The van der Waals surface area contributed by atoms with Gasteiger partial charge >= 0.3 is 5.97 Å². The highest BCUT2D eigenvalue weighted by molar-refractivity contribution is 14.1. The molecule has 28 heavy (non-hydrogen) atoms. The second kappa shape index (κ2) is 8.19. The molecule has 0 atom stereocenters. The lowest BCUT2D eigenvalue weighted by molar-refractivity contribution is 0.0692. The summed E-state index contributed by atoms with van der Waals surface area (Å²) >= 11 is 7.85. The Labute approximate surface area is 177 Å². The van der Waals surface area contributed by atoms with Crippen molar-refractivity contribution in [1.82, 2.24) is 9.55 Å². The summed E-state index contributed by atoms with van der Waals surface area (Å²) in [6.07, 6.45) is 2.91. The maximum Gasteiger partial charge on any atom is 0.336 e. The van der Waals surface area contributed by atoms with Crippen LogP contribution in [0.4, 0.5) is 4.39 Å². The van der Waals surface area contributed by atoms with Crippen LogP contribution in [0.15, 0.2) is 48.9 Å². The van der Waals surface area contributed by atoms with Crippen LogP contribution in [0.5, 0.6) is 0 Å². The molecule has 9 heteroatoms. The lowest BCUT2D eigenvalue weighted by Crippen LogP contribution is -2.15. The fraction of sp³-hybridized carbons (Fsp3) is 0.0526. The van der Waals surface area contributed by atoms with Gasteiger partial charge in [-0.15, -0.1) is 0 Å². The Bertz CT molecular complexity index is 1100. The number of aromatic nitrogens is 2. The second-order valence-electron chi connectivity index (χ2n) is 5.74. The monoisotopic (exact) mass is 512 g/mol. The van der Waals surface area contributed by atoms with Gasteiger partial charge in [0.1, 0.15) is 11.5 Å². The van der Waals surface area contributed by atoms with E-state index in [9.17, 15) is 23.9 Å². The third-order valence-electron chi connectivity index (χ3n) is 3.92. The summed E-state index contributed by atoms with van der Waals surface area (Å²) < 4.78 is 16.9. The van der Waals surface area contributed by atoms with Gasteiger partial charge in [-0.1, -0.05) is 34.2 Å². The van der Waals surface area contributed by atoms with Gasteiger partial charge in [0.25, 0.3) is 0 Å². The Kier molecular flexibility index (Phi) is 5.90. The molecule has 0 radical (unpaired) electrons. The number of ketones is 2. The highest BCUT2D eigenvalue weighted by Gasteiger charge is 2.26. The number of hydrogen-bond acceptors (Lipinski definition) is 4.